The van der Waals surface area contributed by atoms with Crippen LogP contribution in [0.1, 0.15) is 46.0 Å². The van der Waals surface area contributed by atoms with Crippen molar-refractivity contribution in [1.29, 1.82) is 0 Å². The van der Waals surface area contributed by atoms with Crippen LogP contribution in [0.3, 0.4) is 0 Å². The van der Waals surface area contributed by atoms with Gasteiger partial charge in [0.15, 0.2) is 0 Å². The van der Waals surface area contributed by atoms with Crippen molar-refractivity contribution in [2.75, 3.05) is 13.6 Å². The lowest BCUT2D eigenvalue weighted by molar-refractivity contribution is -0.121. The SMILES string of the molecule is CNCC(=O)NC1CCCC1CCC(C)C.Cl. The summed E-state index contributed by atoms with van der Waals surface area (Å²) in [5, 5.41) is 6.05. The Balaban J connectivity index is 0.00000256. The van der Waals surface area contributed by atoms with Crippen molar-refractivity contribution in [3.8, 4) is 0 Å². The molecule has 17 heavy (non-hydrogen) atoms. The van der Waals surface area contributed by atoms with Gasteiger partial charge in [-0.1, -0.05) is 26.7 Å². The van der Waals surface area contributed by atoms with Gasteiger partial charge in [-0.15, -0.1) is 12.4 Å². The molecular formula is C13H27ClN2O. The summed E-state index contributed by atoms with van der Waals surface area (Å²) in [5.41, 5.74) is 0. The molecule has 0 saturated heterocycles. The standard InChI is InChI=1S/C13H26N2O.ClH/c1-10(2)7-8-11-5-4-6-12(11)15-13(16)9-14-3;/h10-12,14H,4-9H2,1-3H3,(H,15,16);1H. The van der Waals surface area contributed by atoms with E-state index >= 15 is 0 Å². The second-order valence-electron chi connectivity index (χ2n) is 5.37. The first kappa shape index (κ1) is 16.7. The van der Waals surface area contributed by atoms with Gasteiger partial charge in [0.25, 0.3) is 0 Å². The molecule has 1 aliphatic carbocycles. The van der Waals surface area contributed by atoms with Crippen LogP contribution in [0.15, 0.2) is 0 Å². The molecule has 3 nitrogen and oxygen atoms in total. The normalized spacial score (nSPS) is 23.5. The number of halogens is 1. The molecule has 0 radical (unpaired) electrons. The van der Waals surface area contributed by atoms with Gasteiger partial charge in [0.1, 0.15) is 0 Å². The van der Waals surface area contributed by atoms with Crippen LogP contribution in [0.4, 0.5) is 0 Å². The first-order valence-electron chi connectivity index (χ1n) is 6.57. The molecule has 1 amide bonds. The number of rotatable bonds is 6. The summed E-state index contributed by atoms with van der Waals surface area (Å²) in [7, 11) is 1.81. The van der Waals surface area contributed by atoms with Gasteiger partial charge in [0.2, 0.25) is 5.91 Å². The third-order valence-electron chi connectivity index (χ3n) is 3.46. The lowest BCUT2D eigenvalue weighted by Gasteiger charge is -2.21. The van der Waals surface area contributed by atoms with Crippen molar-refractivity contribution < 1.29 is 4.79 Å². The summed E-state index contributed by atoms with van der Waals surface area (Å²) >= 11 is 0. The van der Waals surface area contributed by atoms with Crippen LogP contribution >= 0.6 is 12.4 Å². The zero-order valence-electron chi connectivity index (χ0n) is 11.3. The monoisotopic (exact) mass is 262 g/mol. The smallest absolute Gasteiger partial charge is 0.234 e. The molecule has 0 aromatic carbocycles. The lowest BCUT2D eigenvalue weighted by atomic mass is 9.93. The minimum Gasteiger partial charge on any atom is -0.352 e. The minimum atomic E-state index is 0. The zero-order valence-corrected chi connectivity index (χ0v) is 12.1. The van der Waals surface area contributed by atoms with E-state index in [4.69, 9.17) is 0 Å². The maximum Gasteiger partial charge on any atom is 0.234 e. The van der Waals surface area contributed by atoms with Crippen molar-refractivity contribution in [1.82, 2.24) is 10.6 Å². The van der Waals surface area contributed by atoms with E-state index in [1.807, 2.05) is 7.05 Å². The molecule has 0 aromatic heterocycles. The molecular weight excluding hydrogens is 236 g/mol. The van der Waals surface area contributed by atoms with Crippen molar-refractivity contribution in [2.24, 2.45) is 11.8 Å². The van der Waals surface area contributed by atoms with E-state index in [1.54, 1.807) is 0 Å². The van der Waals surface area contributed by atoms with Crippen molar-refractivity contribution in [2.45, 2.75) is 52.0 Å². The lowest BCUT2D eigenvalue weighted by Crippen LogP contribution is -2.41. The van der Waals surface area contributed by atoms with Gasteiger partial charge in [0, 0.05) is 6.04 Å². The zero-order chi connectivity index (χ0) is 12.0. The fraction of sp³-hybridized carbons (Fsp3) is 0.923. The van der Waals surface area contributed by atoms with E-state index in [0.717, 1.165) is 12.3 Å². The van der Waals surface area contributed by atoms with Gasteiger partial charge < -0.3 is 10.6 Å². The predicted molar refractivity (Wildman–Crippen MR) is 74.5 cm³/mol. The Bertz CT molecular complexity index is 221. The van der Waals surface area contributed by atoms with Crippen LogP contribution in [0.25, 0.3) is 0 Å². The first-order valence-corrected chi connectivity index (χ1v) is 6.57. The Morgan fingerprint density at radius 3 is 2.65 bits per heavy atom. The number of likely N-dealkylation sites (N-methyl/N-ethyl adjacent to an activating group) is 1. The summed E-state index contributed by atoms with van der Waals surface area (Å²) in [4.78, 5) is 11.5. The third kappa shape index (κ3) is 6.27. The van der Waals surface area contributed by atoms with Gasteiger partial charge in [-0.05, 0) is 38.1 Å². The quantitative estimate of drug-likeness (QED) is 0.772. The van der Waals surface area contributed by atoms with Crippen LogP contribution in [0.2, 0.25) is 0 Å². The Hall–Kier alpha value is -0.280. The van der Waals surface area contributed by atoms with E-state index in [-0.39, 0.29) is 18.3 Å². The Labute approximate surface area is 112 Å². The summed E-state index contributed by atoms with van der Waals surface area (Å²) in [5.74, 6) is 1.63. The molecule has 0 aromatic rings. The molecule has 0 heterocycles. The Morgan fingerprint density at radius 1 is 1.35 bits per heavy atom. The fourth-order valence-corrected chi connectivity index (χ4v) is 2.54. The number of hydrogen-bond donors (Lipinski definition) is 2. The molecule has 0 aliphatic heterocycles. The molecule has 4 heteroatoms. The van der Waals surface area contributed by atoms with Gasteiger partial charge in [0.05, 0.1) is 6.54 Å². The second-order valence-corrected chi connectivity index (χ2v) is 5.37. The van der Waals surface area contributed by atoms with Crippen LogP contribution in [-0.2, 0) is 4.79 Å². The molecule has 102 valence electrons. The van der Waals surface area contributed by atoms with Crippen molar-refractivity contribution >= 4 is 18.3 Å². The van der Waals surface area contributed by atoms with E-state index in [0.29, 0.717) is 18.5 Å². The maximum atomic E-state index is 11.5. The third-order valence-corrected chi connectivity index (χ3v) is 3.46. The predicted octanol–water partition coefficient (Wildman–Crippen LogP) is 2.35. The molecule has 0 spiro atoms. The van der Waals surface area contributed by atoms with Crippen molar-refractivity contribution in [3.05, 3.63) is 0 Å². The summed E-state index contributed by atoms with van der Waals surface area (Å²) in [6, 6.07) is 0.430. The fourth-order valence-electron chi connectivity index (χ4n) is 2.54. The molecule has 1 fully saturated rings. The summed E-state index contributed by atoms with van der Waals surface area (Å²) in [6.45, 7) is 4.97. The van der Waals surface area contributed by atoms with Gasteiger partial charge in [-0.2, -0.15) is 0 Å². The van der Waals surface area contributed by atoms with Crippen LogP contribution in [0.5, 0.6) is 0 Å². The van der Waals surface area contributed by atoms with Crippen molar-refractivity contribution in [3.63, 3.8) is 0 Å². The number of nitrogens with one attached hydrogen (secondary N) is 2. The molecule has 0 bridgehead atoms. The molecule has 2 atom stereocenters. The molecule has 2 unspecified atom stereocenters. The Kier molecular flexibility index (Phi) is 8.61. The average molecular weight is 263 g/mol. The number of hydrogen-bond acceptors (Lipinski definition) is 2. The number of amides is 1. The largest absolute Gasteiger partial charge is 0.352 e. The van der Waals surface area contributed by atoms with Gasteiger partial charge in [-0.25, -0.2) is 0 Å². The van der Waals surface area contributed by atoms with E-state index in [2.05, 4.69) is 24.5 Å². The molecule has 1 rings (SSSR count). The molecule has 2 N–H and O–H groups in total. The average Bonchev–Trinajstić information content (AvgIpc) is 2.62. The van der Waals surface area contributed by atoms with E-state index in [1.165, 1.54) is 25.7 Å². The van der Waals surface area contributed by atoms with Gasteiger partial charge >= 0.3 is 0 Å². The highest BCUT2D eigenvalue weighted by atomic mass is 35.5. The Morgan fingerprint density at radius 2 is 2.06 bits per heavy atom. The maximum absolute atomic E-state index is 11.5. The topological polar surface area (TPSA) is 41.1 Å². The highest BCUT2D eigenvalue weighted by molar-refractivity contribution is 5.85. The van der Waals surface area contributed by atoms with E-state index < -0.39 is 0 Å². The van der Waals surface area contributed by atoms with Crippen LogP contribution in [0, 0.1) is 11.8 Å². The second kappa shape index (κ2) is 8.76. The minimum absolute atomic E-state index is 0. The summed E-state index contributed by atoms with van der Waals surface area (Å²) in [6.07, 6.45) is 6.27. The molecule has 1 saturated carbocycles. The van der Waals surface area contributed by atoms with Gasteiger partial charge in [-0.3, -0.25) is 4.79 Å². The van der Waals surface area contributed by atoms with Crippen LogP contribution < -0.4 is 10.6 Å². The number of carbonyl (C=O) groups is 1. The highest BCUT2D eigenvalue weighted by Gasteiger charge is 2.27. The summed E-state index contributed by atoms with van der Waals surface area (Å²) < 4.78 is 0. The molecule has 1 aliphatic rings. The first-order chi connectivity index (χ1) is 7.63. The van der Waals surface area contributed by atoms with E-state index in [9.17, 15) is 4.79 Å². The highest BCUT2D eigenvalue weighted by Crippen LogP contribution is 2.30. The van der Waals surface area contributed by atoms with Crippen LogP contribution in [-0.4, -0.2) is 25.5 Å². The number of carbonyl (C=O) groups excluding carboxylic acids is 1.